The number of nitrogens with zero attached hydrogens (tertiary/aromatic N) is 2. The molecular formula is C12H9ClFN3O2. The maximum absolute atomic E-state index is 13.5. The molecule has 0 aliphatic heterocycles. The highest BCUT2D eigenvalue weighted by molar-refractivity contribution is 6.30. The fraction of sp³-hybridized carbons (Fsp3) is 0.0833. The van der Waals surface area contributed by atoms with Crippen molar-refractivity contribution in [1.82, 2.24) is 4.98 Å². The first-order valence-corrected chi connectivity index (χ1v) is 5.68. The zero-order valence-electron chi connectivity index (χ0n) is 9.85. The third kappa shape index (κ3) is 2.97. The number of anilines is 2. The number of aromatic nitrogens is 1. The van der Waals surface area contributed by atoms with E-state index in [9.17, 15) is 14.5 Å². The Balaban J connectivity index is 2.33. The number of nitro benzene ring substituents is 1. The van der Waals surface area contributed by atoms with Crippen molar-refractivity contribution >= 4 is 28.8 Å². The molecule has 98 valence electrons. The predicted octanol–water partition coefficient (Wildman–Crippen LogP) is 3.83. The topological polar surface area (TPSA) is 68.1 Å². The van der Waals surface area contributed by atoms with Crippen LogP contribution in [0.25, 0.3) is 0 Å². The Bertz CT molecular complexity index is 649. The summed E-state index contributed by atoms with van der Waals surface area (Å²) in [4.78, 5) is 14.1. The summed E-state index contributed by atoms with van der Waals surface area (Å²) in [5, 5.41) is 13.7. The molecule has 0 aliphatic carbocycles. The van der Waals surface area contributed by atoms with E-state index in [2.05, 4.69) is 10.3 Å². The van der Waals surface area contributed by atoms with Crippen LogP contribution in [0.15, 0.2) is 30.5 Å². The van der Waals surface area contributed by atoms with Gasteiger partial charge in [-0.25, -0.2) is 9.37 Å². The molecule has 0 aliphatic rings. The van der Waals surface area contributed by atoms with Gasteiger partial charge in [-0.3, -0.25) is 10.1 Å². The Morgan fingerprint density at radius 1 is 1.42 bits per heavy atom. The number of pyridine rings is 1. The second-order valence-electron chi connectivity index (χ2n) is 3.87. The zero-order chi connectivity index (χ0) is 14.0. The highest BCUT2D eigenvalue weighted by atomic mass is 35.5. The summed E-state index contributed by atoms with van der Waals surface area (Å²) in [6, 6.07) is 5.62. The SMILES string of the molecule is Cc1ccc(Nc2ncc(Cl)cc2F)cc1[N+](=O)[O-]. The molecule has 1 aromatic heterocycles. The van der Waals surface area contributed by atoms with Crippen molar-refractivity contribution in [3.05, 3.63) is 57.0 Å². The van der Waals surface area contributed by atoms with Crippen LogP contribution < -0.4 is 5.32 Å². The van der Waals surface area contributed by atoms with Gasteiger partial charge in [-0.2, -0.15) is 0 Å². The first-order chi connectivity index (χ1) is 8.97. The van der Waals surface area contributed by atoms with Crippen LogP contribution in [-0.4, -0.2) is 9.91 Å². The van der Waals surface area contributed by atoms with E-state index in [0.29, 0.717) is 11.3 Å². The molecule has 0 saturated heterocycles. The van der Waals surface area contributed by atoms with Gasteiger partial charge in [0, 0.05) is 23.5 Å². The van der Waals surface area contributed by atoms with Crippen LogP contribution in [0.5, 0.6) is 0 Å². The van der Waals surface area contributed by atoms with E-state index in [-0.39, 0.29) is 16.5 Å². The molecule has 0 amide bonds. The second kappa shape index (κ2) is 5.19. The van der Waals surface area contributed by atoms with Gasteiger partial charge < -0.3 is 5.32 Å². The van der Waals surface area contributed by atoms with Gasteiger partial charge in [-0.15, -0.1) is 0 Å². The molecule has 19 heavy (non-hydrogen) atoms. The summed E-state index contributed by atoms with van der Waals surface area (Å²) >= 11 is 5.59. The van der Waals surface area contributed by atoms with E-state index in [1.54, 1.807) is 19.1 Å². The van der Waals surface area contributed by atoms with E-state index in [1.807, 2.05) is 0 Å². The standard InChI is InChI=1S/C12H9ClFN3O2/c1-7-2-3-9(5-11(7)17(18)19)16-12-10(14)4-8(13)6-15-12/h2-6H,1H3,(H,15,16). The molecule has 0 bridgehead atoms. The van der Waals surface area contributed by atoms with Gasteiger partial charge in [0.2, 0.25) is 0 Å². The monoisotopic (exact) mass is 281 g/mol. The molecule has 0 atom stereocenters. The minimum atomic E-state index is -0.629. The summed E-state index contributed by atoms with van der Waals surface area (Å²) in [6.45, 7) is 1.63. The Labute approximate surface area is 113 Å². The van der Waals surface area contributed by atoms with Crippen molar-refractivity contribution in [1.29, 1.82) is 0 Å². The quantitative estimate of drug-likeness (QED) is 0.685. The molecule has 0 unspecified atom stereocenters. The lowest BCUT2D eigenvalue weighted by Crippen LogP contribution is -1.99. The van der Waals surface area contributed by atoms with Crippen LogP contribution in [0.1, 0.15) is 5.56 Å². The molecule has 7 heteroatoms. The van der Waals surface area contributed by atoms with E-state index < -0.39 is 10.7 Å². The van der Waals surface area contributed by atoms with Crippen LogP contribution in [0, 0.1) is 22.9 Å². The van der Waals surface area contributed by atoms with Crippen molar-refractivity contribution in [3.63, 3.8) is 0 Å². The Kier molecular flexibility index (Phi) is 3.62. The third-order valence-electron chi connectivity index (χ3n) is 2.48. The van der Waals surface area contributed by atoms with Gasteiger partial charge in [-0.05, 0) is 19.1 Å². The van der Waals surface area contributed by atoms with Crippen molar-refractivity contribution in [2.75, 3.05) is 5.32 Å². The third-order valence-corrected chi connectivity index (χ3v) is 2.68. The Hall–Kier alpha value is -2.21. The van der Waals surface area contributed by atoms with Gasteiger partial charge in [0.15, 0.2) is 11.6 Å². The zero-order valence-corrected chi connectivity index (χ0v) is 10.6. The summed E-state index contributed by atoms with van der Waals surface area (Å²) in [5.41, 5.74) is 0.866. The van der Waals surface area contributed by atoms with Crippen molar-refractivity contribution in [2.24, 2.45) is 0 Å². The fourth-order valence-corrected chi connectivity index (χ4v) is 1.67. The average Bonchev–Trinajstić information content (AvgIpc) is 2.34. The lowest BCUT2D eigenvalue weighted by Gasteiger charge is -2.07. The van der Waals surface area contributed by atoms with Crippen LogP contribution in [-0.2, 0) is 0 Å². The highest BCUT2D eigenvalue weighted by Gasteiger charge is 2.12. The van der Waals surface area contributed by atoms with Gasteiger partial charge >= 0.3 is 0 Å². The van der Waals surface area contributed by atoms with E-state index >= 15 is 0 Å². The molecule has 0 fully saturated rings. The lowest BCUT2D eigenvalue weighted by atomic mass is 10.2. The molecule has 2 rings (SSSR count). The van der Waals surface area contributed by atoms with E-state index in [0.717, 1.165) is 6.07 Å². The number of rotatable bonds is 3. The fourth-order valence-electron chi connectivity index (χ4n) is 1.53. The van der Waals surface area contributed by atoms with Gasteiger partial charge in [-0.1, -0.05) is 17.7 Å². The summed E-state index contributed by atoms with van der Waals surface area (Å²) in [5.74, 6) is -0.668. The van der Waals surface area contributed by atoms with Gasteiger partial charge in [0.1, 0.15) is 0 Å². The number of nitrogens with one attached hydrogen (secondary N) is 1. The summed E-state index contributed by atoms with van der Waals surface area (Å²) in [7, 11) is 0. The minimum absolute atomic E-state index is 0.0393. The summed E-state index contributed by atoms with van der Waals surface area (Å²) in [6.07, 6.45) is 1.29. The van der Waals surface area contributed by atoms with Crippen molar-refractivity contribution < 1.29 is 9.31 Å². The molecule has 1 aromatic carbocycles. The molecule has 5 nitrogen and oxygen atoms in total. The van der Waals surface area contributed by atoms with Gasteiger partial charge in [0.05, 0.1) is 9.95 Å². The molecule has 1 N–H and O–H groups in total. The second-order valence-corrected chi connectivity index (χ2v) is 4.30. The largest absolute Gasteiger partial charge is 0.338 e. The first kappa shape index (κ1) is 13.2. The number of hydrogen-bond donors (Lipinski definition) is 1. The van der Waals surface area contributed by atoms with Crippen LogP contribution in [0.2, 0.25) is 5.02 Å². The molecule has 2 aromatic rings. The number of aryl methyl sites for hydroxylation is 1. The highest BCUT2D eigenvalue weighted by Crippen LogP contribution is 2.25. The molecule has 0 radical (unpaired) electrons. The van der Waals surface area contributed by atoms with Crippen LogP contribution in [0.4, 0.5) is 21.6 Å². The number of benzene rings is 1. The normalized spacial score (nSPS) is 10.3. The minimum Gasteiger partial charge on any atom is -0.338 e. The maximum atomic E-state index is 13.5. The van der Waals surface area contributed by atoms with Gasteiger partial charge in [0.25, 0.3) is 5.69 Å². The smallest absolute Gasteiger partial charge is 0.274 e. The maximum Gasteiger partial charge on any atom is 0.274 e. The molecule has 0 saturated carbocycles. The Morgan fingerprint density at radius 2 is 2.16 bits per heavy atom. The number of nitro groups is 1. The van der Waals surface area contributed by atoms with Crippen LogP contribution >= 0.6 is 11.6 Å². The average molecular weight is 282 g/mol. The van der Waals surface area contributed by atoms with Crippen molar-refractivity contribution in [2.45, 2.75) is 6.92 Å². The Morgan fingerprint density at radius 3 is 2.79 bits per heavy atom. The summed E-state index contributed by atoms with van der Waals surface area (Å²) < 4.78 is 13.5. The molecule has 1 heterocycles. The van der Waals surface area contributed by atoms with E-state index in [4.69, 9.17) is 11.6 Å². The first-order valence-electron chi connectivity index (χ1n) is 5.30. The molecule has 0 spiro atoms. The lowest BCUT2D eigenvalue weighted by molar-refractivity contribution is -0.385. The number of hydrogen-bond acceptors (Lipinski definition) is 4. The van der Waals surface area contributed by atoms with E-state index in [1.165, 1.54) is 12.3 Å². The van der Waals surface area contributed by atoms with Crippen LogP contribution in [0.3, 0.4) is 0 Å². The van der Waals surface area contributed by atoms with Crippen molar-refractivity contribution in [3.8, 4) is 0 Å². The predicted molar refractivity (Wildman–Crippen MR) is 70.3 cm³/mol. The number of halogens is 2. The molecular weight excluding hydrogens is 273 g/mol.